The van der Waals surface area contributed by atoms with E-state index in [1.165, 1.54) is 18.2 Å². The molecule has 0 unspecified atom stereocenters. The summed E-state index contributed by atoms with van der Waals surface area (Å²) in [5.41, 5.74) is -1.44. The van der Waals surface area contributed by atoms with Gasteiger partial charge in [0.2, 0.25) is 0 Å². The van der Waals surface area contributed by atoms with Crippen molar-refractivity contribution in [3.8, 4) is 5.75 Å². The normalized spacial score (nSPS) is 12.8. The Morgan fingerprint density at radius 1 is 0.619 bits per heavy atom. The quantitative estimate of drug-likeness (QED) is 0.129. The highest BCUT2D eigenvalue weighted by Crippen LogP contribution is 2.42. The van der Waals surface area contributed by atoms with E-state index in [1.807, 2.05) is 0 Å². The van der Waals surface area contributed by atoms with Gasteiger partial charge in [0.1, 0.15) is 16.3 Å². The van der Waals surface area contributed by atoms with E-state index < -0.39 is 63.1 Å². The van der Waals surface area contributed by atoms with Gasteiger partial charge in [0, 0.05) is 5.39 Å². The molecule has 16 nitrogen and oxygen atoms in total. The molecule has 4 aromatic carbocycles. The van der Waals surface area contributed by atoms with E-state index in [-0.39, 0.29) is 32.7 Å². The fraction of sp³-hybridized carbons (Fsp3) is 0. The van der Waals surface area contributed by atoms with Gasteiger partial charge in [-0.05, 0) is 72.1 Å². The highest BCUT2D eigenvalue weighted by Gasteiger charge is 2.23. The van der Waals surface area contributed by atoms with Crippen molar-refractivity contribution < 1.29 is 53.9 Å². The number of nitrogens with zero attached hydrogens (tertiary/aromatic N) is 4. The molecule has 0 amide bonds. The summed E-state index contributed by atoms with van der Waals surface area (Å²) >= 11 is 0. The first-order valence-corrected chi connectivity index (χ1v) is 15.3. The van der Waals surface area contributed by atoms with Crippen molar-refractivity contribution >= 4 is 69.8 Å². The zero-order valence-electron chi connectivity index (χ0n) is 20.5. The number of aromatic carboxylic acids is 1. The zero-order valence-corrected chi connectivity index (χ0v) is 22.9. The minimum absolute atomic E-state index is 0.00650. The van der Waals surface area contributed by atoms with Crippen LogP contribution < -0.4 is 0 Å². The number of phenols is 1. The second kappa shape index (κ2) is 11.0. The zero-order chi connectivity index (χ0) is 31.0. The molecule has 218 valence electrons. The number of carboxylic acids is 1. The Bertz CT molecular complexity index is 2150. The Hall–Kier alpha value is -4.66. The number of carbonyl (C=O) groups is 1. The van der Waals surface area contributed by atoms with Crippen molar-refractivity contribution in [2.45, 2.75) is 14.7 Å². The molecular formula is C23H16N4O12S3. The molecule has 42 heavy (non-hydrogen) atoms. The molecule has 0 fully saturated rings. The highest BCUT2D eigenvalue weighted by atomic mass is 32.2. The number of azo groups is 2. The van der Waals surface area contributed by atoms with Crippen LogP contribution in [0.25, 0.3) is 10.8 Å². The molecule has 0 saturated heterocycles. The van der Waals surface area contributed by atoms with Crippen LogP contribution in [0.4, 0.5) is 22.7 Å². The third-order valence-electron chi connectivity index (χ3n) is 5.48. The summed E-state index contributed by atoms with van der Waals surface area (Å²) in [4.78, 5) is 9.87. The Morgan fingerprint density at radius 3 is 1.76 bits per heavy atom. The molecule has 0 aliphatic heterocycles. The van der Waals surface area contributed by atoms with Gasteiger partial charge in [-0.2, -0.15) is 35.5 Å². The first-order valence-electron chi connectivity index (χ1n) is 11.0. The van der Waals surface area contributed by atoms with Crippen LogP contribution in [0.1, 0.15) is 10.4 Å². The molecular weight excluding hydrogens is 620 g/mol. The van der Waals surface area contributed by atoms with Crippen LogP contribution in [-0.4, -0.2) is 55.1 Å². The lowest BCUT2D eigenvalue weighted by Crippen LogP contribution is -2.01. The number of rotatable bonds is 8. The topological polar surface area (TPSA) is 270 Å². The molecule has 0 spiro atoms. The molecule has 0 aliphatic rings. The summed E-state index contributed by atoms with van der Waals surface area (Å²) in [5, 5.41) is 35.0. The predicted molar refractivity (Wildman–Crippen MR) is 143 cm³/mol. The van der Waals surface area contributed by atoms with Gasteiger partial charge < -0.3 is 10.2 Å². The summed E-state index contributed by atoms with van der Waals surface area (Å²) in [6, 6.07) is 11.6. The van der Waals surface area contributed by atoms with Crippen molar-refractivity contribution in [3.63, 3.8) is 0 Å². The Morgan fingerprint density at radius 2 is 1.19 bits per heavy atom. The summed E-state index contributed by atoms with van der Waals surface area (Å²) in [5.74, 6) is -2.36. The third kappa shape index (κ3) is 6.62. The van der Waals surface area contributed by atoms with Gasteiger partial charge in [-0.15, -0.1) is 10.2 Å². The molecule has 5 N–H and O–H groups in total. The van der Waals surface area contributed by atoms with Crippen LogP contribution in [0.15, 0.2) is 102 Å². The number of carboxylic acid groups (broad SMARTS) is 1. The fourth-order valence-corrected chi connectivity index (χ4v) is 5.19. The summed E-state index contributed by atoms with van der Waals surface area (Å²) < 4.78 is 97.2. The van der Waals surface area contributed by atoms with Crippen LogP contribution in [0.3, 0.4) is 0 Å². The number of hydrogen-bond donors (Lipinski definition) is 5. The molecule has 4 rings (SSSR count). The lowest BCUT2D eigenvalue weighted by Gasteiger charge is -2.10. The summed E-state index contributed by atoms with van der Waals surface area (Å²) in [6.07, 6.45) is 0. The van der Waals surface area contributed by atoms with Crippen molar-refractivity contribution in [2.24, 2.45) is 20.5 Å². The van der Waals surface area contributed by atoms with Crippen LogP contribution in [0.5, 0.6) is 5.75 Å². The largest absolute Gasteiger partial charge is 0.505 e. The SMILES string of the molecule is O=C(O)c1cc(N=Nc2ccc(S(=O)(=O)O)cc2)ccc1N=Nc1c(S(=O)(=O)O)cc2cc(S(=O)(=O)O)ccc2c1O. The molecule has 0 heterocycles. The molecule has 0 aliphatic carbocycles. The van der Waals surface area contributed by atoms with Gasteiger partial charge >= 0.3 is 5.97 Å². The Balaban J connectivity index is 1.75. The fourth-order valence-electron chi connectivity index (χ4n) is 3.53. The third-order valence-corrected chi connectivity index (χ3v) is 8.07. The number of benzene rings is 4. The predicted octanol–water partition coefficient (Wildman–Crippen LogP) is 4.81. The van der Waals surface area contributed by atoms with Crippen molar-refractivity contribution in [3.05, 3.63) is 72.3 Å². The summed E-state index contributed by atoms with van der Waals surface area (Å²) in [6.45, 7) is 0. The van der Waals surface area contributed by atoms with Gasteiger partial charge in [0.25, 0.3) is 30.4 Å². The minimum Gasteiger partial charge on any atom is -0.505 e. The summed E-state index contributed by atoms with van der Waals surface area (Å²) in [7, 11) is -14.2. The molecule has 0 radical (unpaired) electrons. The van der Waals surface area contributed by atoms with Crippen LogP contribution in [0.2, 0.25) is 0 Å². The monoisotopic (exact) mass is 636 g/mol. The smallest absolute Gasteiger partial charge is 0.338 e. The van der Waals surface area contributed by atoms with E-state index in [2.05, 4.69) is 20.5 Å². The van der Waals surface area contributed by atoms with Crippen molar-refractivity contribution in [1.82, 2.24) is 0 Å². The maximum Gasteiger partial charge on any atom is 0.338 e. The Kier molecular flexibility index (Phi) is 7.91. The van der Waals surface area contributed by atoms with E-state index >= 15 is 0 Å². The van der Waals surface area contributed by atoms with Crippen molar-refractivity contribution in [2.75, 3.05) is 0 Å². The van der Waals surface area contributed by atoms with Gasteiger partial charge in [-0.3, -0.25) is 13.7 Å². The average Bonchev–Trinajstić information content (AvgIpc) is 2.90. The van der Waals surface area contributed by atoms with Gasteiger partial charge in [-0.1, -0.05) is 0 Å². The van der Waals surface area contributed by atoms with E-state index in [0.717, 1.165) is 48.5 Å². The van der Waals surface area contributed by atoms with Gasteiger partial charge in [-0.25, -0.2) is 4.79 Å². The number of aromatic hydroxyl groups is 1. The standard InChI is InChI=1S/C23H16N4O12S3/c28-22-17-7-6-16(41(34,35)36)9-12(17)10-20(42(37,38)39)21(22)27-26-19-8-3-14(11-18(19)23(29)30)25-24-13-1-4-15(5-2-13)40(31,32)33/h1-11,28H,(H,29,30)(H,31,32,33)(H,34,35,36)(H,37,38,39). The first kappa shape index (κ1) is 30.3. The lowest BCUT2D eigenvalue weighted by atomic mass is 10.1. The van der Waals surface area contributed by atoms with Crippen LogP contribution >= 0.6 is 0 Å². The van der Waals surface area contributed by atoms with Gasteiger partial charge in [0.05, 0.1) is 26.7 Å². The first-order chi connectivity index (χ1) is 19.4. The van der Waals surface area contributed by atoms with E-state index in [4.69, 9.17) is 4.55 Å². The average molecular weight is 637 g/mol. The molecule has 0 aromatic heterocycles. The van der Waals surface area contributed by atoms with Crippen LogP contribution in [0, 0.1) is 0 Å². The molecule has 0 bridgehead atoms. The molecule has 4 aromatic rings. The molecule has 19 heteroatoms. The van der Waals surface area contributed by atoms with Crippen molar-refractivity contribution in [1.29, 1.82) is 0 Å². The second-order valence-corrected chi connectivity index (χ2v) is 12.5. The molecule has 0 atom stereocenters. The van der Waals surface area contributed by atoms with E-state index in [9.17, 15) is 49.4 Å². The van der Waals surface area contributed by atoms with Gasteiger partial charge in [0.15, 0.2) is 5.75 Å². The number of hydrogen-bond acceptors (Lipinski definition) is 12. The maximum atomic E-state index is 12.0. The lowest BCUT2D eigenvalue weighted by molar-refractivity contribution is 0.0697. The van der Waals surface area contributed by atoms with Crippen LogP contribution in [-0.2, 0) is 30.4 Å². The second-order valence-electron chi connectivity index (χ2n) is 8.28. The maximum absolute atomic E-state index is 12.0. The Labute approximate surface area is 236 Å². The highest BCUT2D eigenvalue weighted by molar-refractivity contribution is 7.86. The van der Waals surface area contributed by atoms with E-state index in [1.54, 1.807) is 0 Å². The van der Waals surface area contributed by atoms with E-state index in [0.29, 0.717) is 0 Å². The number of phenolic OH excluding ortho intramolecular Hbond substituents is 1. The minimum atomic E-state index is -5.09. The molecule has 0 saturated carbocycles. The number of fused-ring (bicyclic) bond motifs is 1.